The average Bonchev–Trinajstić information content (AvgIpc) is 1.62. The van der Waals surface area contributed by atoms with E-state index >= 15 is 0 Å². The zero-order valence-corrected chi connectivity index (χ0v) is 8.69. The van der Waals surface area contributed by atoms with E-state index < -0.39 is 14.2 Å². The Bertz CT molecular complexity index is 115. The first kappa shape index (κ1) is 11.4. The SMILES string of the molecule is CC(Cl)C(O)(Cl)C(Cl)(Cl)Cl. The lowest BCUT2D eigenvalue weighted by molar-refractivity contribution is 0.132. The van der Waals surface area contributed by atoms with E-state index in [4.69, 9.17) is 63.1 Å². The molecule has 0 rings (SSSR count). The zero-order chi connectivity index (χ0) is 8.58. The molecule has 1 N–H and O–H groups in total. The molecule has 0 aliphatic carbocycles. The topological polar surface area (TPSA) is 20.2 Å². The van der Waals surface area contributed by atoms with Gasteiger partial charge in [-0.25, -0.2) is 0 Å². The molecule has 0 saturated carbocycles. The maximum atomic E-state index is 9.17. The van der Waals surface area contributed by atoms with E-state index in [1.165, 1.54) is 6.92 Å². The largest absolute Gasteiger partial charge is 0.370 e. The van der Waals surface area contributed by atoms with Crippen LogP contribution in [0.4, 0.5) is 0 Å². The molecule has 0 aromatic heterocycles. The summed E-state index contributed by atoms with van der Waals surface area (Å²) in [5.41, 5.74) is 0. The second-order valence-electron chi connectivity index (χ2n) is 1.79. The smallest absolute Gasteiger partial charge is 0.234 e. The molecule has 0 aliphatic heterocycles. The van der Waals surface area contributed by atoms with E-state index in [1.807, 2.05) is 0 Å². The van der Waals surface area contributed by atoms with Gasteiger partial charge < -0.3 is 5.11 Å². The van der Waals surface area contributed by atoms with Gasteiger partial charge >= 0.3 is 0 Å². The molecule has 0 aromatic rings. The average molecular weight is 246 g/mol. The summed E-state index contributed by atoms with van der Waals surface area (Å²) in [7, 11) is 0. The van der Waals surface area contributed by atoms with Gasteiger partial charge in [-0.2, -0.15) is 0 Å². The maximum Gasteiger partial charge on any atom is 0.234 e. The van der Waals surface area contributed by atoms with Crippen LogP contribution in [0.1, 0.15) is 6.92 Å². The molecular weight excluding hydrogens is 241 g/mol. The van der Waals surface area contributed by atoms with Crippen molar-refractivity contribution in [3.63, 3.8) is 0 Å². The van der Waals surface area contributed by atoms with Crippen molar-refractivity contribution in [1.29, 1.82) is 0 Å². The summed E-state index contributed by atoms with van der Waals surface area (Å²) in [6.45, 7) is 1.43. The molecule has 0 aromatic carbocycles. The number of hydrogen-bond acceptors (Lipinski definition) is 1. The summed E-state index contributed by atoms with van der Waals surface area (Å²) in [6, 6.07) is 0. The minimum Gasteiger partial charge on any atom is -0.370 e. The first-order chi connectivity index (χ1) is 4.19. The molecule has 0 amide bonds. The van der Waals surface area contributed by atoms with Crippen LogP contribution in [0.2, 0.25) is 0 Å². The van der Waals surface area contributed by atoms with E-state index in [9.17, 15) is 0 Å². The fourth-order valence-corrected chi connectivity index (χ4v) is 1.05. The van der Waals surface area contributed by atoms with Crippen LogP contribution in [0.5, 0.6) is 0 Å². The molecule has 0 saturated heterocycles. The van der Waals surface area contributed by atoms with Crippen molar-refractivity contribution < 1.29 is 5.11 Å². The Kier molecular flexibility index (Phi) is 3.91. The normalized spacial score (nSPS) is 21.9. The third kappa shape index (κ3) is 2.47. The molecule has 0 spiro atoms. The first-order valence-electron chi connectivity index (χ1n) is 2.31. The number of halogens is 5. The highest BCUT2D eigenvalue weighted by Crippen LogP contribution is 2.44. The van der Waals surface area contributed by atoms with Crippen molar-refractivity contribution in [3.8, 4) is 0 Å². The number of rotatable bonds is 1. The van der Waals surface area contributed by atoms with Gasteiger partial charge in [0.15, 0.2) is 0 Å². The van der Waals surface area contributed by atoms with Crippen molar-refractivity contribution in [3.05, 3.63) is 0 Å². The quantitative estimate of drug-likeness (QED) is 0.705. The summed E-state index contributed by atoms with van der Waals surface area (Å²) >= 11 is 26.6. The molecule has 0 heterocycles. The van der Waals surface area contributed by atoms with E-state index in [0.29, 0.717) is 0 Å². The lowest BCUT2D eigenvalue weighted by Crippen LogP contribution is -2.43. The van der Waals surface area contributed by atoms with Gasteiger partial charge in [0.2, 0.25) is 8.85 Å². The third-order valence-electron chi connectivity index (χ3n) is 0.925. The molecule has 0 aliphatic rings. The zero-order valence-electron chi connectivity index (χ0n) is 4.91. The van der Waals surface area contributed by atoms with Crippen LogP contribution in [0.3, 0.4) is 0 Å². The van der Waals surface area contributed by atoms with Crippen molar-refractivity contribution in [2.75, 3.05) is 0 Å². The molecule has 0 fully saturated rings. The van der Waals surface area contributed by atoms with Gasteiger partial charge in [-0.3, -0.25) is 0 Å². The van der Waals surface area contributed by atoms with E-state index in [2.05, 4.69) is 0 Å². The molecule has 0 bridgehead atoms. The second-order valence-corrected chi connectivity index (χ2v) is 5.30. The predicted molar refractivity (Wildman–Crippen MR) is 46.4 cm³/mol. The summed E-state index contributed by atoms with van der Waals surface area (Å²) in [6.07, 6.45) is 0. The highest BCUT2D eigenvalue weighted by Gasteiger charge is 2.49. The van der Waals surface area contributed by atoms with Gasteiger partial charge in [-0.1, -0.05) is 46.4 Å². The van der Waals surface area contributed by atoms with Crippen LogP contribution in [0, 0.1) is 0 Å². The third-order valence-corrected chi connectivity index (χ3v) is 3.12. The predicted octanol–water partition coefficient (Wildman–Crippen LogP) is 2.91. The van der Waals surface area contributed by atoms with E-state index in [-0.39, 0.29) is 0 Å². The van der Waals surface area contributed by atoms with Crippen molar-refractivity contribution in [1.82, 2.24) is 0 Å². The Morgan fingerprint density at radius 1 is 1.20 bits per heavy atom. The van der Waals surface area contributed by atoms with Crippen LogP contribution >= 0.6 is 58.0 Å². The summed E-state index contributed by atoms with van der Waals surface area (Å²) < 4.78 is -1.98. The fourth-order valence-electron chi connectivity index (χ4n) is 0.226. The summed E-state index contributed by atoms with van der Waals surface area (Å²) in [5, 5.41) is 6.29. The molecule has 2 unspecified atom stereocenters. The van der Waals surface area contributed by atoms with Crippen LogP contribution < -0.4 is 0 Å². The van der Waals surface area contributed by atoms with Gasteiger partial charge in [-0.05, 0) is 6.92 Å². The number of alkyl halides is 5. The first-order valence-corrected chi connectivity index (χ1v) is 4.26. The number of aliphatic hydroxyl groups is 1. The highest BCUT2D eigenvalue weighted by atomic mass is 35.6. The van der Waals surface area contributed by atoms with E-state index in [1.54, 1.807) is 0 Å². The molecule has 6 heteroatoms. The van der Waals surface area contributed by atoms with Gasteiger partial charge in [0.05, 0.1) is 5.38 Å². The van der Waals surface area contributed by atoms with Crippen LogP contribution in [0.15, 0.2) is 0 Å². The molecule has 1 nitrogen and oxygen atoms in total. The molecule has 10 heavy (non-hydrogen) atoms. The Labute approximate surface area is 84.1 Å². The minimum atomic E-state index is -2.03. The fraction of sp³-hybridized carbons (Fsp3) is 1.00. The van der Waals surface area contributed by atoms with Crippen molar-refractivity contribution in [2.45, 2.75) is 21.2 Å². The van der Waals surface area contributed by atoms with Gasteiger partial charge in [0, 0.05) is 0 Å². The summed E-state index contributed by atoms with van der Waals surface area (Å²) in [5.74, 6) is 0. The maximum absolute atomic E-state index is 9.17. The Morgan fingerprint density at radius 3 is 1.50 bits per heavy atom. The standard InChI is InChI=1S/C4H5Cl5O/c1-2(5)3(6,10)4(7,8)9/h2,10H,1H3. The lowest BCUT2D eigenvalue weighted by atomic mass is 10.3. The van der Waals surface area contributed by atoms with Crippen LogP contribution in [-0.2, 0) is 0 Å². The van der Waals surface area contributed by atoms with Gasteiger partial charge in [0.25, 0.3) is 0 Å². The highest BCUT2D eigenvalue weighted by molar-refractivity contribution is 6.71. The van der Waals surface area contributed by atoms with E-state index in [0.717, 1.165) is 0 Å². The summed E-state index contributed by atoms with van der Waals surface area (Å²) in [4.78, 5) is 0. The Hall–Kier alpha value is 1.41. The molecule has 0 radical (unpaired) electrons. The van der Waals surface area contributed by atoms with Gasteiger partial charge in [0.1, 0.15) is 0 Å². The number of hydrogen-bond donors (Lipinski definition) is 1. The van der Waals surface area contributed by atoms with Crippen molar-refractivity contribution in [2.24, 2.45) is 0 Å². The molecular formula is C4H5Cl5O. The minimum absolute atomic E-state index is 0.846. The molecule has 62 valence electrons. The molecule has 2 atom stereocenters. The Balaban J connectivity index is 4.40. The van der Waals surface area contributed by atoms with Crippen LogP contribution in [-0.4, -0.2) is 19.3 Å². The second kappa shape index (κ2) is 3.42. The van der Waals surface area contributed by atoms with Crippen molar-refractivity contribution >= 4 is 58.0 Å². The monoisotopic (exact) mass is 244 g/mol. The Morgan fingerprint density at radius 2 is 1.50 bits per heavy atom. The lowest BCUT2D eigenvalue weighted by Gasteiger charge is -2.30. The van der Waals surface area contributed by atoms with Crippen LogP contribution in [0.25, 0.3) is 0 Å². The van der Waals surface area contributed by atoms with Gasteiger partial charge in [-0.15, -0.1) is 11.6 Å².